The summed E-state index contributed by atoms with van der Waals surface area (Å²) in [5.41, 5.74) is 1.16. The first-order chi connectivity index (χ1) is 6.74. The van der Waals surface area contributed by atoms with Crippen molar-refractivity contribution in [2.75, 3.05) is 0 Å². The molecule has 0 heterocycles. The van der Waals surface area contributed by atoms with Crippen molar-refractivity contribution < 1.29 is 4.74 Å². The summed E-state index contributed by atoms with van der Waals surface area (Å²) in [5.74, 6) is 0. The van der Waals surface area contributed by atoms with Gasteiger partial charge in [-0.25, -0.2) is 0 Å². The van der Waals surface area contributed by atoms with Crippen LogP contribution in [-0.4, -0.2) is 11.5 Å². The van der Waals surface area contributed by atoms with Crippen LogP contribution in [-0.2, 0) is 11.3 Å². The Hall–Kier alpha value is -0.240. The summed E-state index contributed by atoms with van der Waals surface area (Å²) in [5, 5.41) is 1.09. The van der Waals surface area contributed by atoms with Crippen LogP contribution in [0, 0.1) is 0 Å². The first-order valence-corrected chi connectivity index (χ1v) is 5.55. The summed E-state index contributed by atoms with van der Waals surface area (Å²) in [4.78, 5) is 0. The molecule has 0 amide bonds. The topological polar surface area (TPSA) is 9.23 Å². The molecule has 1 aromatic rings. The second-order valence-electron chi connectivity index (χ2n) is 3.63. The Morgan fingerprint density at radius 2 is 1.86 bits per heavy atom. The molecule has 2 rings (SSSR count). The monoisotopic (exact) mass is 230 g/mol. The number of rotatable bonds is 3. The van der Waals surface area contributed by atoms with Crippen molar-refractivity contribution in [1.82, 2.24) is 0 Å². The summed E-state index contributed by atoms with van der Waals surface area (Å²) in [6.07, 6.45) is 2.32. The van der Waals surface area contributed by atoms with Gasteiger partial charge in [0.05, 0.1) is 12.7 Å². The van der Waals surface area contributed by atoms with E-state index in [2.05, 4.69) is 0 Å². The van der Waals surface area contributed by atoms with E-state index in [9.17, 15) is 0 Å². The van der Waals surface area contributed by atoms with Crippen LogP contribution in [0.3, 0.4) is 0 Å². The maximum atomic E-state index is 5.85. The van der Waals surface area contributed by atoms with E-state index < -0.39 is 0 Å². The van der Waals surface area contributed by atoms with Gasteiger partial charge in [-0.2, -0.15) is 0 Å². The Bertz CT molecular complexity index is 291. The molecule has 0 atom stereocenters. The maximum absolute atomic E-state index is 5.85. The van der Waals surface area contributed by atoms with Gasteiger partial charge in [-0.1, -0.05) is 23.7 Å². The van der Waals surface area contributed by atoms with Gasteiger partial charge in [0, 0.05) is 10.4 Å². The van der Waals surface area contributed by atoms with E-state index in [1.54, 1.807) is 0 Å². The predicted octanol–water partition coefficient (Wildman–Crippen LogP) is 3.63. The van der Waals surface area contributed by atoms with Gasteiger partial charge in [0.15, 0.2) is 0 Å². The smallest absolute Gasteiger partial charge is 0.0720 e. The molecule has 14 heavy (non-hydrogen) atoms. The van der Waals surface area contributed by atoms with Crippen molar-refractivity contribution >= 4 is 23.2 Å². The van der Waals surface area contributed by atoms with E-state index in [0.717, 1.165) is 23.4 Å². The number of ether oxygens (including phenoxy) is 1. The van der Waals surface area contributed by atoms with Crippen molar-refractivity contribution in [2.45, 2.75) is 30.9 Å². The molecule has 1 aliphatic rings. The normalized spacial score (nSPS) is 25.9. The van der Waals surface area contributed by atoms with Gasteiger partial charge < -0.3 is 4.74 Å². The van der Waals surface area contributed by atoms with Gasteiger partial charge in [-0.3, -0.25) is 0 Å². The highest BCUT2D eigenvalue weighted by Gasteiger charge is 2.27. The van der Waals surface area contributed by atoms with Crippen molar-refractivity contribution in [1.29, 1.82) is 0 Å². The molecule has 1 saturated carbocycles. The van der Waals surface area contributed by atoms with Gasteiger partial charge in [-0.05, 0) is 30.5 Å². The molecule has 0 aromatic heterocycles. The third kappa shape index (κ3) is 2.63. The standard InChI is InChI=1S/C11H12Cl2O/c12-9-3-1-8(2-4-9)7-14-11-5-10(13)6-11/h1-4,10-11H,5-7H2. The van der Waals surface area contributed by atoms with Crippen LogP contribution in [0.25, 0.3) is 0 Å². The number of hydrogen-bond acceptors (Lipinski definition) is 1. The summed E-state index contributed by atoms with van der Waals surface area (Å²) in [6, 6.07) is 7.73. The van der Waals surface area contributed by atoms with Crippen LogP contribution < -0.4 is 0 Å². The average Bonchev–Trinajstić information content (AvgIpc) is 2.13. The van der Waals surface area contributed by atoms with Crippen molar-refractivity contribution in [2.24, 2.45) is 0 Å². The minimum absolute atomic E-state index is 0.324. The predicted molar refractivity (Wildman–Crippen MR) is 58.9 cm³/mol. The minimum atomic E-state index is 0.324. The van der Waals surface area contributed by atoms with Crippen molar-refractivity contribution in [3.8, 4) is 0 Å². The van der Waals surface area contributed by atoms with Crippen molar-refractivity contribution in [3.63, 3.8) is 0 Å². The lowest BCUT2D eigenvalue weighted by Gasteiger charge is -2.30. The van der Waals surface area contributed by atoms with Gasteiger partial charge >= 0.3 is 0 Å². The van der Waals surface area contributed by atoms with E-state index in [1.165, 1.54) is 0 Å². The molecule has 0 unspecified atom stereocenters. The molecule has 0 bridgehead atoms. The zero-order valence-corrected chi connectivity index (χ0v) is 9.26. The summed E-state index contributed by atoms with van der Waals surface area (Å²) in [7, 11) is 0. The molecule has 1 aliphatic carbocycles. The van der Waals surface area contributed by atoms with E-state index in [1.807, 2.05) is 24.3 Å². The fraction of sp³-hybridized carbons (Fsp3) is 0.455. The quantitative estimate of drug-likeness (QED) is 0.722. The number of alkyl halides is 1. The van der Waals surface area contributed by atoms with Crippen molar-refractivity contribution in [3.05, 3.63) is 34.9 Å². The van der Waals surface area contributed by atoms with E-state index in [0.29, 0.717) is 18.1 Å². The molecule has 76 valence electrons. The van der Waals surface area contributed by atoms with Gasteiger partial charge in [0.2, 0.25) is 0 Å². The minimum Gasteiger partial charge on any atom is -0.373 e. The number of hydrogen-bond donors (Lipinski definition) is 0. The number of benzene rings is 1. The zero-order valence-electron chi connectivity index (χ0n) is 7.75. The fourth-order valence-electron chi connectivity index (χ4n) is 1.43. The summed E-state index contributed by atoms with van der Waals surface area (Å²) in [6.45, 7) is 0.658. The summed E-state index contributed by atoms with van der Waals surface area (Å²) < 4.78 is 5.65. The number of halogens is 2. The maximum Gasteiger partial charge on any atom is 0.0720 e. The Morgan fingerprint density at radius 3 is 2.43 bits per heavy atom. The van der Waals surface area contributed by atoms with Crippen LogP contribution >= 0.6 is 23.2 Å². The van der Waals surface area contributed by atoms with Crippen LogP contribution in [0.15, 0.2) is 24.3 Å². The highest BCUT2D eigenvalue weighted by molar-refractivity contribution is 6.30. The van der Waals surface area contributed by atoms with Crippen LogP contribution in [0.2, 0.25) is 5.02 Å². The molecule has 0 aliphatic heterocycles. The van der Waals surface area contributed by atoms with Crippen LogP contribution in [0.4, 0.5) is 0 Å². The molecule has 0 radical (unpaired) electrons. The average molecular weight is 231 g/mol. The molecular weight excluding hydrogens is 219 g/mol. The Labute approximate surface area is 94.0 Å². The Kier molecular flexibility index (Phi) is 3.32. The first kappa shape index (κ1) is 10.3. The van der Waals surface area contributed by atoms with Gasteiger partial charge in [0.25, 0.3) is 0 Å². The lowest BCUT2D eigenvalue weighted by atomic mass is 9.95. The molecule has 0 spiro atoms. The fourth-order valence-corrected chi connectivity index (χ4v) is 1.96. The van der Waals surface area contributed by atoms with Crippen LogP contribution in [0.5, 0.6) is 0 Å². The molecule has 1 nitrogen and oxygen atoms in total. The highest BCUT2D eigenvalue weighted by Crippen LogP contribution is 2.28. The Balaban J connectivity index is 1.78. The molecule has 0 saturated heterocycles. The SMILES string of the molecule is Clc1ccc(COC2CC(Cl)C2)cc1. The molecule has 3 heteroatoms. The van der Waals surface area contributed by atoms with E-state index >= 15 is 0 Å². The molecule has 0 N–H and O–H groups in total. The lowest BCUT2D eigenvalue weighted by Crippen LogP contribution is -2.31. The third-order valence-electron chi connectivity index (χ3n) is 2.44. The van der Waals surface area contributed by atoms with Crippen LogP contribution in [0.1, 0.15) is 18.4 Å². The molecule has 1 aromatic carbocycles. The first-order valence-electron chi connectivity index (χ1n) is 4.74. The Morgan fingerprint density at radius 1 is 1.21 bits per heavy atom. The third-order valence-corrected chi connectivity index (χ3v) is 3.04. The van der Waals surface area contributed by atoms with Gasteiger partial charge in [-0.15, -0.1) is 11.6 Å². The zero-order chi connectivity index (χ0) is 9.97. The largest absolute Gasteiger partial charge is 0.373 e. The van der Waals surface area contributed by atoms with Gasteiger partial charge in [0.1, 0.15) is 0 Å². The highest BCUT2D eigenvalue weighted by atomic mass is 35.5. The van der Waals surface area contributed by atoms with E-state index in [4.69, 9.17) is 27.9 Å². The van der Waals surface area contributed by atoms with E-state index in [-0.39, 0.29) is 0 Å². The molecular formula is C11H12Cl2O. The lowest BCUT2D eigenvalue weighted by molar-refractivity contribution is -0.00622. The second-order valence-corrected chi connectivity index (χ2v) is 4.68. The second kappa shape index (κ2) is 4.52. The summed E-state index contributed by atoms with van der Waals surface area (Å²) >= 11 is 11.6. The molecule has 1 fully saturated rings.